The van der Waals surface area contributed by atoms with Crippen LogP contribution in [0.25, 0.3) is 0 Å². The fourth-order valence-electron chi connectivity index (χ4n) is 0.0829. The highest BCUT2D eigenvalue weighted by atomic mass is 79.9. The van der Waals surface area contributed by atoms with Gasteiger partial charge in [0.1, 0.15) is 0 Å². The summed E-state index contributed by atoms with van der Waals surface area (Å²) in [5.74, 6) is 0. The lowest BCUT2D eigenvalue weighted by molar-refractivity contribution is 0.595. The van der Waals surface area contributed by atoms with E-state index in [4.69, 9.17) is 5.26 Å². The lowest BCUT2D eigenvalue weighted by Gasteiger charge is -2.08. The van der Waals surface area contributed by atoms with Crippen molar-refractivity contribution in [3.05, 3.63) is 0 Å². The van der Waals surface area contributed by atoms with Crippen molar-refractivity contribution in [1.82, 2.24) is 0 Å². The van der Waals surface area contributed by atoms with Gasteiger partial charge in [0.15, 0.2) is 9.84 Å². The van der Waals surface area contributed by atoms with E-state index in [1.807, 2.05) is 0 Å². The van der Waals surface area contributed by atoms with Gasteiger partial charge in [0, 0.05) is 6.26 Å². The molecule has 3 nitrogen and oxygen atoms in total. The quantitative estimate of drug-likeness (QED) is 0.600. The smallest absolute Gasteiger partial charge is 0.209 e. The van der Waals surface area contributed by atoms with Gasteiger partial charge >= 0.3 is 0 Å². The first-order valence-electron chi connectivity index (χ1n) is 2.11. The zero-order valence-corrected chi connectivity index (χ0v) is 7.45. The summed E-state index contributed by atoms with van der Waals surface area (Å²) < 4.78 is 19.8. The van der Waals surface area contributed by atoms with Crippen molar-refractivity contribution in [3.8, 4) is 6.07 Å². The first kappa shape index (κ1) is 8.92. The Morgan fingerprint density at radius 1 is 1.67 bits per heavy atom. The van der Waals surface area contributed by atoms with Gasteiger partial charge in [0.05, 0.1) is 6.07 Å². The molecule has 0 saturated carbocycles. The molecule has 52 valence electrons. The van der Waals surface area contributed by atoms with Crippen LogP contribution in [0.3, 0.4) is 0 Å². The van der Waals surface area contributed by atoms with Gasteiger partial charge in [-0.2, -0.15) is 5.26 Å². The van der Waals surface area contributed by atoms with Crippen LogP contribution >= 0.6 is 15.9 Å². The van der Waals surface area contributed by atoms with Crippen LogP contribution < -0.4 is 0 Å². The number of hydrogen-bond acceptors (Lipinski definition) is 3. The molecule has 0 aromatic rings. The van der Waals surface area contributed by atoms with Crippen molar-refractivity contribution >= 4 is 25.8 Å². The third-order valence-electron chi connectivity index (χ3n) is 0.896. The van der Waals surface area contributed by atoms with E-state index in [1.165, 1.54) is 6.92 Å². The molecule has 0 saturated heterocycles. The highest BCUT2D eigenvalue weighted by molar-refractivity contribution is 9.11. The van der Waals surface area contributed by atoms with E-state index >= 15 is 0 Å². The number of nitriles is 1. The van der Waals surface area contributed by atoms with E-state index in [9.17, 15) is 8.42 Å². The molecule has 0 radical (unpaired) electrons. The largest absolute Gasteiger partial charge is 0.227 e. The molecule has 0 aliphatic rings. The minimum absolute atomic E-state index is 1.00. The molecule has 0 aromatic carbocycles. The molecule has 0 aromatic heterocycles. The van der Waals surface area contributed by atoms with Gasteiger partial charge in [-0.25, -0.2) is 8.42 Å². The fourth-order valence-corrected chi connectivity index (χ4v) is 0.249. The van der Waals surface area contributed by atoms with E-state index < -0.39 is 13.5 Å². The lowest BCUT2D eigenvalue weighted by atomic mass is 10.5. The van der Waals surface area contributed by atoms with Crippen molar-refractivity contribution in [3.63, 3.8) is 0 Å². The van der Waals surface area contributed by atoms with Gasteiger partial charge in [0.25, 0.3) is 0 Å². The summed E-state index contributed by atoms with van der Waals surface area (Å²) in [5.41, 5.74) is 0. The summed E-state index contributed by atoms with van der Waals surface area (Å²) in [6.07, 6.45) is 1.00. The third-order valence-corrected chi connectivity index (χ3v) is 4.32. The molecular formula is C4H6BrNO2S. The Balaban J connectivity index is 4.85. The maximum absolute atomic E-state index is 10.6. The van der Waals surface area contributed by atoms with Crippen LogP contribution in [0.15, 0.2) is 0 Å². The molecule has 0 rings (SSSR count). The van der Waals surface area contributed by atoms with Crippen LogP contribution in [0.1, 0.15) is 6.92 Å². The molecule has 0 aliphatic carbocycles. The van der Waals surface area contributed by atoms with E-state index in [2.05, 4.69) is 15.9 Å². The van der Waals surface area contributed by atoms with Gasteiger partial charge in [0.2, 0.25) is 3.66 Å². The molecule has 0 unspecified atom stereocenters. The molecule has 5 heteroatoms. The van der Waals surface area contributed by atoms with Crippen LogP contribution in [0, 0.1) is 11.3 Å². The average molecular weight is 212 g/mol. The van der Waals surface area contributed by atoms with Crippen molar-refractivity contribution < 1.29 is 8.42 Å². The Bertz CT molecular complexity index is 236. The van der Waals surface area contributed by atoms with Crippen LogP contribution in [0.2, 0.25) is 0 Å². The van der Waals surface area contributed by atoms with Crippen molar-refractivity contribution in [2.24, 2.45) is 0 Å². The van der Waals surface area contributed by atoms with E-state index in [0.717, 1.165) is 6.26 Å². The van der Waals surface area contributed by atoms with Gasteiger partial charge in [-0.1, -0.05) is 15.9 Å². The van der Waals surface area contributed by atoms with Crippen LogP contribution in [-0.4, -0.2) is 18.3 Å². The van der Waals surface area contributed by atoms with Gasteiger partial charge in [-0.15, -0.1) is 0 Å². The van der Waals surface area contributed by atoms with Gasteiger partial charge < -0.3 is 0 Å². The normalized spacial score (nSPS) is 18.0. The standard InChI is InChI=1S/C4H6BrNO2S/c1-4(5,3-6)9(2,7)8/h1-2H3/t4-/m0/s1. The summed E-state index contributed by atoms with van der Waals surface area (Å²) in [6.45, 7) is 1.29. The van der Waals surface area contributed by atoms with Crippen molar-refractivity contribution in [1.29, 1.82) is 5.26 Å². The van der Waals surface area contributed by atoms with E-state index in [1.54, 1.807) is 6.07 Å². The van der Waals surface area contributed by atoms with Crippen molar-refractivity contribution in [2.75, 3.05) is 6.26 Å². The number of rotatable bonds is 1. The highest BCUT2D eigenvalue weighted by Gasteiger charge is 2.31. The molecular weight excluding hydrogens is 206 g/mol. The predicted octanol–water partition coefficient (Wildman–Crippen LogP) is 0.666. The Hall–Kier alpha value is -0.0800. The fraction of sp³-hybridized carbons (Fsp3) is 0.750. The molecule has 0 aliphatic heterocycles. The zero-order chi connectivity index (χ0) is 7.71. The maximum Gasteiger partial charge on any atom is 0.209 e. The molecule has 0 fully saturated rings. The second kappa shape index (κ2) is 2.27. The van der Waals surface area contributed by atoms with E-state index in [-0.39, 0.29) is 0 Å². The van der Waals surface area contributed by atoms with Gasteiger partial charge in [-0.05, 0) is 6.92 Å². The number of sulfone groups is 1. The maximum atomic E-state index is 10.6. The molecule has 9 heavy (non-hydrogen) atoms. The molecule has 1 atom stereocenters. The Kier molecular flexibility index (Phi) is 2.25. The highest BCUT2D eigenvalue weighted by Crippen LogP contribution is 2.21. The van der Waals surface area contributed by atoms with Crippen molar-refractivity contribution in [2.45, 2.75) is 10.6 Å². The lowest BCUT2D eigenvalue weighted by Crippen LogP contribution is -2.24. The summed E-state index contributed by atoms with van der Waals surface area (Å²) in [6, 6.07) is 1.61. The topological polar surface area (TPSA) is 57.9 Å². The Morgan fingerprint density at radius 2 is 2.00 bits per heavy atom. The van der Waals surface area contributed by atoms with Gasteiger partial charge in [-0.3, -0.25) is 0 Å². The Morgan fingerprint density at radius 3 is 2.00 bits per heavy atom. The predicted molar refractivity (Wildman–Crippen MR) is 37.8 cm³/mol. The second-order valence-corrected chi connectivity index (χ2v) is 6.27. The van der Waals surface area contributed by atoms with Crippen LogP contribution in [0.4, 0.5) is 0 Å². The van der Waals surface area contributed by atoms with E-state index in [0.29, 0.717) is 0 Å². The monoisotopic (exact) mass is 211 g/mol. The minimum atomic E-state index is -3.30. The minimum Gasteiger partial charge on any atom is -0.227 e. The number of halogens is 1. The summed E-state index contributed by atoms with van der Waals surface area (Å²) >= 11 is 2.75. The molecule has 0 amide bonds. The summed E-state index contributed by atoms with van der Waals surface area (Å²) in [5, 5.41) is 8.25. The summed E-state index contributed by atoms with van der Waals surface area (Å²) in [4.78, 5) is 0. The third kappa shape index (κ3) is 1.95. The molecule has 0 heterocycles. The number of nitrogens with zero attached hydrogens (tertiary/aromatic N) is 1. The first-order chi connectivity index (χ1) is 3.81. The number of hydrogen-bond donors (Lipinski definition) is 0. The SMILES string of the molecule is C[C@@](Br)(C#N)S(C)(=O)=O. The number of alkyl halides is 1. The van der Waals surface area contributed by atoms with Crippen LogP contribution in [-0.2, 0) is 9.84 Å². The zero-order valence-electron chi connectivity index (χ0n) is 5.05. The molecule has 0 N–H and O–H groups in total. The van der Waals surface area contributed by atoms with Crippen LogP contribution in [0.5, 0.6) is 0 Å². The average Bonchev–Trinajstić information content (AvgIpc) is 1.64. The second-order valence-electron chi connectivity index (χ2n) is 1.80. The molecule has 0 bridgehead atoms. The Labute approximate surface area is 62.7 Å². The summed E-state index contributed by atoms with van der Waals surface area (Å²) in [7, 11) is -3.30. The first-order valence-corrected chi connectivity index (χ1v) is 4.79. The molecule has 0 spiro atoms.